The van der Waals surface area contributed by atoms with Crippen molar-refractivity contribution >= 4 is 0 Å². The zero-order valence-electron chi connectivity index (χ0n) is 17.3. The van der Waals surface area contributed by atoms with E-state index in [0.717, 1.165) is 29.9 Å². The third-order valence-electron chi connectivity index (χ3n) is 5.54. The number of fused-ring (bicyclic) bond motifs is 1. The van der Waals surface area contributed by atoms with Gasteiger partial charge in [-0.1, -0.05) is 29.4 Å². The third kappa shape index (κ3) is 4.63. The first-order valence-electron chi connectivity index (χ1n) is 10.3. The van der Waals surface area contributed by atoms with Gasteiger partial charge in [0.2, 0.25) is 0 Å². The van der Waals surface area contributed by atoms with Crippen molar-refractivity contribution in [3.05, 3.63) is 89.2 Å². The third-order valence-corrected chi connectivity index (χ3v) is 5.54. The Morgan fingerprint density at radius 1 is 1.00 bits per heavy atom. The van der Waals surface area contributed by atoms with Crippen LogP contribution in [0.1, 0.15) is 22.6 Å². The second-order valence-corrected chi connectivity index (χ2v) is 7.89. The molecule has 33 heavy (non-hydrogen) atoms. The van der Waals surface area contributed by atoms with Gasteiger partial charge in [-0.3, -0.25) is 4.90 Å². The van der Waals surface area contributed by atoms with Gasteiger partial charge < -0.3 is 4.52 Å². The van der Waals surface area contributed by atoms with E-state index in [1.54, 1.807) is 24.4 Å². The van der Waals surface area contributed by atoms with Crippen LogP contribution in [0.15, 0.2) is 65.3 Å². The molecule has 2 aromatic carbocycles. The molecule has 3 heterocycles. The van der Waals surface area contributed by atoms with Crippen LogP contribution < -0.4 is 0 Å². The fraction of sp³-hybridized carbons (Fsp3) is 0.208. The van der Waals surface area contributed by atoms with E-state index in [9.17, 15) is 17.6 Å². The Kier molecular flexibility index (Phi) is 5.41. The lowest BCUT2D eigenvalue weighted by atomic mass is 10.1. The molecule has 0 spiro atoms. The molecule has 0 aliphatic carbocycles. The first-order valence-corrected chi connectivity index (χ1v) is 10.3. The Balaban J connectivity index is 1.27. The van der Waals surface area contributed by atoms with Crippen molar-refractivity contribution in [3.8, 4) is 22.6 Å². The van der Waals surface area contributed by atoms with Gasteiger partial charge in [0.1, 0.15) is 11.5 Å². The Bertz CT molecular complexity index is 1280. The molecule has 4 aromatic rings. The summed E-state index contributed by atoms with van der Waals surface area (Å²) < 4.78 is 57.2. The number of hydrogen-bond acceptors (Lipinski definition) is 5. The van der Waals surface area contributed by atoms with Crippen LogP contribution in [0.3, 0.4) is 0 Å². The highest BCUT2D eigenvalue weighted by Crippen LogP contribution is 2.31. The van der Waals surface area contributed by atoms with Crippen LogP contribution in [0, 0.1) is 5.82 Å². The Morgan fingerprint density at radius 3 is 2.58 bits per heavy atom. The summed E-state index contributed by atoms with van der Waals surface area (Å²) in [7, 11) is 0. The molecule has 0 saturated heterocycles. The van der Waals surface area contributed by atoms with Crippen LogP contribution in [0.5, 0.6) is 0 Å². The first-order chi connectivity index (χ1) is 15.8. The van der Waals surface area contributed by atoms with Gasteiger partial charge in [-0.2, -0.15) is 13.2 Å². The minimum absolute atomic E-state index is 0.333. The lowest BCUT2D eigenvalue weighted by Gasteiger charge is -2.27. The largest absolute Gasteiger partial charge is 0.416 e. The van der Waals surface area contributed by atoms with Gasteiger partial charge in [0.25, 0.3) is 0 Å². The van der Waals surface area contributed by atoms with Gasteiger partial charge in [-0.15, -0.1) is 0 Å². The average Bonchev–Trinajstić information content (AvgIpc) is 3.27. The fourth-order valence-electron chi connectivity index (χ4n) is 3.85. The number of benzene rings is 2. The number of halogens is 4. The minimum atomic E-state index is -4.37. The Labute approximate surface area is 186 Å². The molecule has 0 fully saturated rings. The molecule has 5 rings (SSSR count). The Morgan fingerprint density at radius 2 is 1.82 bits per heavy atom. The fourth-order valence-corrected chi connectivity index (χ4v) is 3.85. The van der Waals surface area contributed by atoms with E-state index in [1.807, 2.05) is 0 Å². The first kappa shape index (κ1) is 21.3. The minimum Gasteiger partial charge on any atom is -0.359 e. The molecule has 9 heteroatoms. The number of rotatable bonds is 4. The molecule has 5 nitrogen and oxygen atoms in total. The maximum atomic E-state index is 13.5. The van der Waals surface area contributed by atoms with Crippen LogP contribution in [0.4, 0.5) is 17.6 Å². The SMILES string of the molecule is Fc1cccc(-c2cc(CN3CCc4nc(-c5ccc(C(F)(F)F)cc5)ncc4C3)on2)c1. The van der Waals surface area contributed by atoms with Crippen LogP contribution in [-0.4, -0.2) is 26.6 Å². The predicted octanol–water partition coefficient (Wildman–Crippen LogP) is 5.51. The summed E-state index contributed by atoms with van der Waals surface area (Å²) in [6.45, 7) is 1.87. The maximum absolute atomic E-state index is 13.5. The molecule has 0 N–H and O–H groups in total. The summed E-state index contributed by atoms with van der Waals surface area (Å²) in [6.07, 6.45) is -1.98. The summed E-state index contributed by atoms with van der Waals surface area (Å²) in [5, 5.41) is 4.04. The zero-order valence-corrected chi connectivity index (χ0v) is 17.3. The molecule has 0 unspecified atom stereocenters. The van der Waals surface area contributed by atoms with E-state index in [-0.39, 0.29) is 5.82 Å². The summed E-state index contributed by atoms with van der Waals surface area (Å²) in [5.74, 6) is 0.742. The number of alkyl halides is 3. The van der Waals surface area contributed by atoms with Gasteiger partial charge in [0.05, 0.1) is 17.8 Å². The highest BCUT2D eigenvalue weighted by Gasteiger charge is 2.30. The van der Waals surface area contributed by atoms with Gasteiger partial charge >= 0.3 is 6.18 Å². The molecule has 1 aliphatic rings. The van der Waals surface area contributed by atoms with Crippen molar-refractivity contribution in [1.29, 1.82) is 0 Å². The monoisotopic (exact) mass is 454 g/mol. The zero-order chi connectivity index (χ0) is 23.0. The molecule has 0 amide bonds. The van der Waals surface area contributed by atoms with E-state index >= 15 is 0 Å². The lowest BCUT2D eigenvalue weighted by Crippen LogP contribution is -2.30. The van der Waals surface area contributed by atoms with Gasteiger partial charge in [-0.05, 0) is 24.3 Å². The van der Waals surface area contributed by atoms with Crippen molar-refractivity contribution in [2.45, 2.75) is 25.7 Å². The van der Waals surface area contributed by atoms with Crippen molar-refractivity contribution in [2.75, 3.05) is 6.54 Å². The second-order valence-electron chi connectivity index (χ2n) is 7.89. The molecular weight excluding hydrogens is 436 g/mol. The molecule has 168 valence electrons. The van der Waals surface area contributed by atoms with Crippen molar-refractivity contribution < 1.29 is 22.1 Å². The molecule has 0 bridgehead atoms. The number of hydrogen-bond donors (Lipinski definition) is 0. The Hall–Kier alpha value is -3.59. The normalized spacial score (nSPS) is 14.3. The van der Waals surface area contributed by atoms with Crippen LogP contribution in [0.2, 0.25) is 0 Å². The molecule has 1 aliphatic heterocycles. The number of aromatic nitrogens is 3. The molecule has 2 aromatic heterocycles. The topological polar surface area (TPSA) is 55.1 Å². The standard InChI is InChI=1S/C24H18F4N4O/c25-19-3-1-2-16(10-19)22-11-20(33-31-22)14-32-9-8-21-17(13-32)12-29-23(30-21)15-4-6-18(7-5-15)24(26,27)28/h1-7,10-12H,8-9,13-14H2. The maximum Gasteiger partial charge on any atom is 0.416 e. The van der Waals surface area contributed by atoms with E-state index in [4.69, 9.17) is 4.52 Å². The van der Waals surface area contributed by atoms with Crippen molar-refractivity contribution in [2.24, 2.45) is 0 Å². The van der Waals surface area contributed by atoms with E-state index in [2.05, 4.69) is 20.0 Å². The van der Waals surface area contributed by atoms with Crippen LogP contribution >= 0.6 is 0 Å². The van der Waals surface area contributed by atoms with Crippen molar-refractivity contribution in [3.63, 3.8) is 0 Å². The summed E-state index contributed by atoms with van der Waals surface area (Å²) in [4.78, 5) is 11.1. The predicted molar refractivity (Wildman–Crippen MR) is 112 cm³/mol. The molecule has 0 saturated carbocycles. The van der Waals surface area contributed by atoms with Gasteiger partial charge in [0, 0.05) is 48.5 Å². The van der Waals surface area contributed by atoms with E-state index in [0.29, 0.717) is 47.9 Å². The van der Waals surface area contributed by atoms with Gasteiger partial charge in [0.15, 0.2) is 11.6 Å². The quantitative estimate of drug-likeness (QED) is 0.381. The summed E-state index contributed by atoms with van der Waals surface area (Å²) >= 11 is 0. The smallest absolute Gasteiger partial charge is 0.359 e. The van der Waals surface area contributed by atoms with E-state index in [1.165, 1.54) is 24.3 Å². The molecule has 0 atom stereocenters. The average molecular weight is 454 g/mol. The summed E-state index contributed by atoms with van der Waals surface area (Å²) in [6, 6.07) is 12.8. The molecular formula is C24H18F4N4O. The van der Waals surface area contributed by atoms with Crippen LogP contribution in [0.25, 0.3) is 22.6 Å². The van der Waals surface area contributed by atoms with Gasteiger partial charge in [-0.25, -0.2) is 14.4 Å². The highest BCUT2D eigenvalue weighted by molar-refractivity contribution is 5.58. The lowest BCUT2D eigenvalue weighted by molar-refractivity contribution is -0.137. The highest BCUT2D eigenvalue weighted by atomic mass is 19.4. The van der Waals surface area contributed by atoms with Crippen LogP contribution in [-0.2, 0) is 25.7 Å². The second kappa shape index (κ2) is 8.40. The van der Waals surface area contributed by atoms with E-state index < -0.39 is 11.7 Å². The number of nitrogens with zero attached hydrogens (tertiary/aromatic N) is 4. The summed E-state index contributed by atoms with van der Waals surface area (Å²) in [5.41, 5.74) is 2.91. The van der Waals surface area contributed by atoms with Crippen molar-refractivity contribution in [1.82, 2.24) is 20.0 Å². The molecule has 0 radical (unpaired) electrons.